The number of nitrogens with zero attached hydrogens (tertiary/aromatic N) is 2. The predicted octanol–water partition coefficient (Wildman–Crippen LogP) is 3.07. The number of rotatable bonds is 6. The molecule has 3 aromatic rings. The van der Waals surface area contributed by atoms with Crippen molar-refractivity contribution in [3.05, 3.63) is 60.0 Å². The van der Waals surface area contributed by atoms with E-state index in [0.29, 0.717) is 11.3 Å². The van der Waals surface area contributed by atoms with Crippen molar-refractivity contribution in [3.63, 3.8) is 0 Å². The fraction of sp³-hybridized carbons (Fsp3) is 0.211. The molecule has 0 saturated heterocycles. The Labute approximate surface area is 162 Å². The van der Waals surface area contributed by atoms with Crippen molar-refractivity contribution in [2.45, 2.75) is 17.9 Å². The molecule has 9 heteroatoms. The van der Waals surface area contributed by atoms with E-state index in [2.05, 4.69) is 10.2 Å². The molecule has 28 heavy (non-hydrogen) atoms. The van der Waals surface area contributed by atoms with Gasteiger partial charge in [-0.25, -0.2) is 13.2 Å². The highest BCUT2D eigenvalue weighted by Crippen LogP contribution is 2.25. The second kappa shape index (κ2) is 7.81. The normalized spacial score (nSPS) is 12.4. The third-order valence-corrected chi connectivity index (χ3v) is 5.06. The van der Waals surface area contributed by atoms with Crippen LogP contribution in [0.1, 0.15) is 29.3 Å². The van der Waals surface area contributed by atoms with Gasteiger partial charge in [0.2, 0.25) is 5.89 Å². The number of esters is 1. The lowest BCUT2D eigenvalue weighted by atomic mass is 10.2. The quantitative estimate of drug-likeness (QED) is 0.579. The molecule has 1 aromatic heterocycles. The first-order valence-corrected chi connectivity index (χ1v) is 10.2. The minimum atomic E-state index is -3.33. The van der Waals surface area contributed by atoms with Crippen molar-refractivity contribution < 1.29 is 27.1 Å². The van der Waals surface area contributed by atoms with Gasteiger partial charge in [0.15, 0.2) is 15.9 Å². The molecule has 1 heterocycles. The second-order valence-electron chi connectivity index (χ2n) is 6.02. The summed E-state index contributed by atoms with van der Waals surface area (Å²) in [5.41, 5.74) is 0.920. The largest absolute Gasteiger partial charge is 0.497 e. The van der Waals surface area contributed by atoms with Crippen LogP contribution in [0, 0.1) is 0 Å². The molecule has 0 aliphatic carbocycles. The molecule has 2 aromatic carbocycles. The van der Waals surface area contributed by atoms with Crippen LogP contribution in [0.15, 0.2) is 57.8 Å². The Hall–Kier alpha value is -3.20. The number of ether oxygens (including phenoxy) is 2. The smallest absolute Gasteiger partial charge is 0.338 e. The van der Waals surface area contributed by atoms with Crippen LogP contribution in [0.5, 0.6) is 5.75 Å². The SMILES string of the molecule is COc1ccc(-c2nnc([C@@H](C)OC(=O)c3ccc(S(C)(=O)=O)cc3)o2)cc1. The molecule has 146 valence electrons. The molecule has 8 nitrogen and oxygen atoms in total. The zero-order chi connectivity index (χ0) is 20.3. The van der Waals surface area contributed by atoms with Gasteiger partial charge in [-0.1, -0.05) is 0 Å². The Balaban J connectivity index is 1.69. The van der Waals surface area contributed by atoms with E-state index in [4.69, 9.17) is 13.9 Å². The Morgan fingerprint density at radius 2 is 1.68 bits per heavy atom. The lowest BCUT2D eigenvalue weighted by Gasteiger charge is -2.09. The van der Waals surface area contributed by atoms with Crippen molar-refractivity contribution in [1.29, 1.82) is 0 Å². The molecule has 0 saturated carbocycles. The minimum Gasteiger partial charge on any atom is -0.497 e. The van der Waals surface area contributed by atoms with Crippen molar-refractivity contribution in [2.24, 2.45) is 0 Å². The highest BCUT2D eigenvalue weighted by Gasteiger charge is 2.20. The molecular weight excluding hydrogens is 384 g/mol. The number of carbonyl (C=O) groups excluding carboxylic acids is 1. The summed E-state index contributed by atoms with van der Waals surface area (Å²) < 4.78 is 39.0. The minimum absolute atomic E-state index is 0.123. The van der Waals surface area contributed by atoms with Crippen molar-refractivity contribution >= 4 is 15.8 Å². The maximum absolute atomic E-state index is 12.3. The third-order valence-electron chi connectivity index (χ3n) is 3.93. The van der Waals surface area contributed by atoms with Gasteiger partial charge < -0.3 is 13.9 Å². The molecule has 0 fully saturated rings. The number of benzene rings is 2. The van der Waals surface area contributed by atoms with Gasteiger partial charge in [-0.2, -0.15) is 0 Å². The molecule has 0 amide bonds. The summed E-state index contributed by atoms with van der Waals surface area (Å²) in [6.07, 6.45) is 0.319. The number of aromatic nitrogens is 2. The standard InChI is InChI=1S/C19H18N2O6S/c1-12(26-19(22)14-6-10-16(11-7-14)28(3,23)24)17-20-21-18(27-17)13-4-8-15(25-2)9-5-13/h4-12H,1-3H3/t12-/m1/s1. The summed E-state index contributed by atoms with van der Waals surface area (Å²) >= 11 is 0. The third kappa shape index (κ3) is 4.37. The molecule has 0 aliphatic rings. The molecule has 0 bridgehead atoms. The van der Waals surface area contributed by atoms with Gasteiger partial charge in [-0.15, -0.1) is 10.2 Å². The van der Waals surface area contributed by atoms with Gasteiger partial charge in [0.25, 0.3) is 5.89 Å². The van der Waals surface area contributed by atoms with Crippen molar-refractivity contribution in [1.82, 2.24) is 10.2 Å². The van der Waals surface area contributed by atoms with E-state index in [-0.39, 0.29) is 22.2 Å². The summed E-state index contributed by atoms with van der Waals surface area (Å²) in [5.74, 6) is 0.509. The van der Waals surface area contributed by atoms with Crippen LogP contribution in [0.3, 0.4) is 0 Å². The van der Waals surface area contributed by atoms with Crippen LogP contribution >= 0.6 is 0 Å². The molecule has 1 atom stereocenters. The molecule has 3 rings (SSSR count). The Morgan fingerprint density at radius 1 is 1.04 bits per heavy atom. The van der Waals surface area contributed by atoms with Gasteiger partial charge in [-0.05, 0) is 55.5 Å². The van der Waals surface area contributed by atoms with Crippen LogP contribution < -0.4 is 4.74 Å². The van der Waals surface area contributed by atoms with Gasteiger partial charge in [0.05, 0.1) is 17.6 Å². The number of sulfone groups is 1. The fourth-order valence-electron chi connectivity index (χ4n) is 2.37. The average molecular weight is 402 g/mol. The van der Waals surface area contributed by atoms with E-state index in [1.54, 1.807) is 38.3 Å². The number of methoxy groups -OCH3 is 1. The van der Waals surface area contributed by atoms with E-state index in [1.807, 2.05) is 0 Å². The first-order chi connectivity index (χ1) is 13.3. The van der Waals surface area contributed by atoms with Crippen molar-refractivity contribution in [3.8, 4) is 17.2 Å². The zero-order valence-corrected chi connectivity index (χ0v) is 16.3. The molecule has 0 spiro atoms. The Kier molecular flexibility index (Phi) is 5.46. The first kappa shape index (κ1) is 19.6. The molecule has 0 N–H and O–H groups in total. The van der Waals surface area contributed by atoms with Crippen LogP contribution in [0.4, 0.5) is 0 Å². The van der Waals surface area contributed by atoms with Crippen LogP contribution in [-0.4, -0.2) is 38.0 Å². The van der Waals surface area contributed by atoms with Crippen molar-refractivity contribution in [2.75, 3.05) is 13.4 Å². The molecule has 0 radical (unpaired) electrons. The van der Waals surface area contributed by atoms with E-state index in [0.717, 1.165) is 6.26 Å². The van der Waals surface area contributed by atoms with Gasteiger partial charge in [0, 0.05) is 11.8 Å². The van der Waals surface area contributed by atoms with Crippen LogP contribution in [-0.2, 0) is 14.6 Å². The summed E-state index contributed by atoms with van der Waals surface area (Å²) in [6.45, 7) is 1.61. The maximum atomic E-state index is 12.3. The Bertz CT molecular complexity index is 1070. The zero-order valence-electron chi connectivity index (χ0n) is 15.4. The molecular formula is C19H18N2O6S. The number of hydrogen-bond acceptors (Lipinski definition) is 8. The second-order valence-corrected chi connectivity index (χ2v) is 8.03. The lowest BCUT2D eigenvalue weighted by Crippen LogP contribution is -2.10. The van der Waals surface area contributed by atoms with Gasteiger partial charge in [0.1, 0.15) is 5.75 Å². The summed E-state index contributed by atoms with van der Waals surface area (Å²) in [7, 11) is -1.76. The predicted molar refractivity (Wildman–Crippen MR) is 99.7 cm³/mol. The van der Waals surface area contributed by atoms with E-state index in [9.17, 15) is 13.2 Å². The summed E-state index contributed by atoms with van der Waals surface area (Å²) in [5, 5.41) is 7.89. The highest BCUT2D eigenvalue weighted by atomic mass is 32.2. The number of hydrogen-bond donors (Lipinski definition) is 0. The van der Waals surface area contributed by atoms with Gasteiger partial charge >= 0.3 is 5.97 Å². The fourth-order valence-corrected chi connectivity index (χ4v) is 3.00. The monoisotopic (exact) mass is 402 g/mol. The topological polar surface area (TPSA) is 109 Å². The molecule has 0 unspecified atom stereocenters. The molecule has 0 aliphatic heterocycles. The van der Waals surface area contributed by atoms with E-state index < -0.39 is 21.9 Å². The van der Waals surface area contributed by atoms with Crippen LogP contribution in [0.2, 0.25) is 0 Å². The number of carbonyl (C=O) groups is 1. The maximum Gasteiger partial charge on any atom is 0.338 e. The summed E-state index contributed by atoms with van der Waals surface area (Å²) in [6, 6.07) is 12.6. The van der Waals surface area contributed by atoms with E-state index >= 15 is 0 Å². The van der Waals surface area contributed by atoms with Crippen LogP contribution in [0.25, 0.3) is 11.5 Å². The lowest BCUT2D eigenvalue weighted by molar-refractivity contribution is 0.0279. The highest BCUT2D eigenvalue weighted by molar-refractivity contribution is 7.90. The van der Waals surface area contributed by atoms with E-state index in [1.165, 1.54) is 24.3 Å². The Morgan fingerprint density at radius 3 is 2.25 bits per heavy atom. The first-order valence-electron chi connectivity index (χ1n) is 8.27. The summed E-state index contributed by atoms with van der Waals surface area (Å²) in [4.78, 5) is 12.4. The average Bonchev–Trinajstić information content (AvgIpc) is 3.18. The van der Waals surface area contributed by atoms with Gasteiger partial charge in [-0.3, -0.25) is 0 Å².